The minimum Gasteiger partial charge on any atom is -0.365 e. The van der Waals surface area contributed by atoms with Gasteiger partial charge in [-0.1, -0.05) is 12.8 Å². The molecule has 0 radical (unpaired) electrons. The molecule has 0 bridgehead atoms. The lowest BCUT2D eigenvalue weighted by atomic mass is 10.1. The highest BCUT2D eigenvalue weighted by molar-refractivity contribution is 5.82. The van der Waals surface area contributed by atoms with Gasteiger partial charge in [-0.3, -0.25) is 9.69 Å². The fraction of sp³-hybridized carbons (Fsp3) is 0.722. The maximum absolute atomic E-state index is 12.9. The lowest BCUT2D eigenvalue weighted by molar-refractivity contribution is -0.146. The molecule has 136 valence electrons. The topological polar surface area (TPSA) is 61.8 Å². The zero-order valence-electron chi connectivity index (χ0n) is 14.7. The number of ether oxygens (including phenoxy) is 1. The summed E-state index contributed by atoms with van der Waals surface area (Å²) >= 11 is 0. The van der Waals surface area contributed by atoms with Crippen molar-refractivity contribution in [2.75, 3.05) is 50.8 Å². The van der Waals surface area contributed by atoms with E-state index in [4.69, 9.17) is 4.74 Å². The third-order valence-electron chi connectivity index (χ3n) is 5.64. The summed E-state index contributed by atoms with van der Waals surface area (Å²) in [5.41, 5.74) is 0. The molecule has 3 aliphatic rings. The summed E-state index contributed by atoms with van der Waals surface area (Å²) in [7, 11) is 0. The van der Waals surface area contributed by atoms with E-state index in [1.807, 2.05) is 9.80 Å². The van der Waals surface area contributed by atoms with Gasteiger partial charge in [-0.25, -0.2) is 9.97 Å². The Balaban J connectivity index is 1.32. The molecule has 1 aromatic heterocycles. The lowest BCUT2D eigenvalue weighted by Gasteiger charge is -2.40. The first-order valence-corrected chi connectivity index (χ1v) is 9.47. The summed E-state index contributed by atoms with van der Waals surface area (Å²) in [5, 5.41) is 0. The predicted octanol–water partition coefficient (Wildman–Crippen LogP) is 0.769. The summed E-state index contributed by atoms with van der Waals surface area (Å²) in [6.07, 6.45) is 8.43. The van der Waals surface area contributed by atoms with E-state index in [9.17, 15) is 4.79 Å². The molecule has 2 aliphatic heterocycles. The molecule has 1 unspecified atom stereocenters. The van der Waals surface area contributed by atoms with Gasteiger partial charge in [0.25, 0.3) is 5.91 Å². The van der Waals surface area contributed by atoms with Gasteiger partial charge >= 0.3 is 0 Å². The van der Waals surface area contributed by atoms with Crippen LogP contribution < -0.4 is 4.90 Å². The van der Waals surface area contributed by atoms with Gasteiger partial charge in [-0.05, 0) is 18.9 Å². The summed E-state index contributed by atoms with van der Waals surface area (Å²) < 4.78 is 5.77. The van der Waals surface area contributed by atoms with Gasteiger partial charge in [-0.2, -0.15) is 0 Å². The minimum atomic E-state index is -0.407. The van der Waals surface area contributed by atoms with Gasteiger partial charge in [0.15, 0.2) is 6.10 Å². The number of aromatic nitrogens is 2. The van der Waals surface area contributed by atoms with Gasteiger partial charge in [0.2, 0.25) is 5.95 Å². The Morgan fingerprint density at radius 1 is 1.04 bits per heavy atom. The molecule has 1 amide bonds. The van der Waals surface area contributed by atoms with Crippen molar-refractivity contribution in [2.24, 2.45) is 0 Å². The van der Waals surface area contributed by atoms with Crippen LogP contribution in [0.5, 0.6) is 0 Å². The van der Waals surface area contributed by atoms with E-state index < -0.39 is 6.10 Å². The first-order valence-electron chi connectivity index (χ1n) is 9.47. The zero-order chi connectivity index (χ0) is 17.1. The summed E-state index contributed by atoms with van der Waals surface area (Å²) in [6.45, 7) is 5.42. The number of anilines is 1. The van der Waals surface area contributed by atoms with E-state index in [1.165, 1.54) is 25.7 Å². The Morgan fingerprint density at radius 3 is 2.48 bits per heavy atom. The fourth-order valence-electron chi connectivity index (χ4n) is 4.22. The van der Waals surface area contributed by atoms with E-state index in [1.54, 1.807) is 18.5 Å². The van der Waals surface area contributed by atoms with Crippen molar-refractivity contribution in [3.8, 4) is 0 Å². The number of hydrogen-bond acceptors (Lipinski definition) is 6. The molecule has 1 atom stereocenters. The van der Waals surface area contributed by atoms with Crippen LogP contribution >= 0.6 is 0 Å². The molecule has 0 spiro atoms. The third-order valence-corrected chi connectivity index (χ3v) is 5.64. The minimum absolute atomic E-state index is 0.117. The number of amides is 1. The molecular weight excluding hydrogens is 318 g/mol. The lowest BCUT2D eigenvalue weighted by Crippen LogP contribution is -2.57. The third kappa shape index (κ3) is 3.77. The first kappa shape index (κ1) is 16.7. The van der Waals surface area contributed by atoms with Gasteiger partial charge in [0.05, 0.1) is 13.2 Å². The number of rotatable bonds is 3. The zero-order valence-corrected chi connectivity index (χ0v) is 14.7. The SMILES string of the molecule is O=C(C1CN(c2ncccn2)CCO1)N1CCN(C2CCCC2)CC1. The number of nitrogens with zero attached hydrogens (tertiary/aromatic N) is 5. The first-order chi connectivity index (χ1) is 12.3. The smallest absolute Gasteiger partial charge is 0.253 e. The van der Waals surface area contributed by atoms with Gasteiger partial charge < -0.3 is 14.5 Å². The number of carbonyl (C=O) groups excluding carboxylic acids is 1. The molecule has 1 aliphatic carbocycles. The van der Waals surface area contributed by atoms with Gasteiger partial charge in [0, 0.05) is 51.2 Å². The van der Waals surface area contributed by atoms with Crippen molar-refractivity contribution in [3.63, 3.8) is 0 Å². The van der Waals surface area contributed by atoms with E-state index in [-0.39, 0.29) is 5.91 Å². The maximum Gasteiger partial charge on any atom is 0.253 e. The Kier molecular flexibility index (Phi) is 5.12. The highest BCUT2D eigenvalue weighted by atomic mass is 16.5. The Bertz CT molecular complexity index is 570. The van der Waals surface area contributed by atoms with Gasteiger partial charge in [-0.15, -0.1) is 0 Å². The molecule has 1 saturated carbocycles. The van der Waals surface area contributed by atoms with Crippen LogP contribution in [-0.2, 0) is 9.53 Å². The fourth-order valence-corrected chi connectivity index (χ4v) is 4.22. The van der Waals surface area contributed by atoms with Crippen molar-refractivity contribution in [1.82, 2.24) is 19.8 Å². The predicted molar refractivity (Wildman–Crippen MR) is 94.4 cm³/mol. The quantitative estimate of drug-likeness (QED) is 0.806. The van der Waals surface area contributed by atoms with Crippen LogP contribution in [0.25, 0.3) is 0 Å². The molecule has 1 aromatic rings. The van der Waals surface area contributed by atoms with Crippen LogP contribution in [-0.4, -0.2) is 83.7 Å². The second-order valence-corrected chi connectivity index (χ2v) is 7.15. The number of morpholine rings is 1. The Morgan fingerprint density at radius 2 is 1.76 bits per heavy atom. The largest absolute Gasteiger partial charge is 0.365 e. The van der Waals surface area contributed by atoms with Crippen molar-refractivity contribution in [3.05, 3.63) is 18.5 Å². The van der Waals surface area contributed by atoms with Crippen molar-refractivity contribution in [2.45, 2.75) is 37.8 Å². The number of carbonyl (C=O) groups is 1. The van der Waals surface area contributed by atoms with Crippen LogP contribution in [0.4, 0.5) is 5.95 Å². The molecule has 2 saturated heterocycles. The molecule has 0 aromatic carbocycles. The number of piperazine rings is 1. The van der Waals surface area contributed by atoms with Crippen molar-refractivity contribution >= 4 is 11.9 Å². The monoisotopic (exact) mass is 345 g/mol. The average molecular weight is 345 g/mol. The Hall–Kier alpha value is -1.73. The normalized spacial score (nSPS) is 26.2. The molecule has 7 heteroatoms. The molecule has 0 N–H and O–H groups in total. The van der Waals surface area contributed by atoms with Crippen molar-refractivity contribution in [1.29, 1.82) is 0 Å². The highest BCUT2D eigenvalue weighted by Crippen LogP contribution is 2.24. The molecular formula is C18H27N5O2. The molecule has 25 heavy (non-hydrogen) atoms. The van der Waals surface area contributed by atoms with Crippen LogP contribution in [0, 0.1) is 0 Å². The van der Waals surface area contributed by atoms with Gasteiger partial charge in [0.1, 0.15) is 0 Å². The summed E-state index contributed by atoms with van der Waals surface area (Å²) in [5.74, 6) is 0.793. The highest BCUT2D eigenvalue weighted by Gasteiger charge is 2.34. The standard InChI is InChI=1S/C18H27N5O2/c24-17(22-10-8-21(9-11-22)15-4-1-2-5-15)16-14-23(12-13-25-16)18-19-6-3-7-20-18/h3,6-7,15-16H,1-2,4-5,8-14H2. The average Bonchev–Trinajstić information content (AvgIpc) is 3.23. The van der Waals surface area contributed by atoms with Crippen LogP contribution in [0.2, 0.25) is 0 Å². The number of hydrogen-bond donors (Lipinski definition) is 0. The van der Waals surface area contributed by atoms with E-state index in [0.717, 1.165) is 38.8 Å². The summed E-state index contributed by atoms with van der Waals surface area (Å²) in [6, 6.07) is 2.55. The second-order valence-electron chi connectivity index (χ2n) is 7.15. The molecule has 4 rings (SSSR count). The molecule has 3 fully saturated rings. The van der Waals surface area contributed by atoms with Crippen molar-refractivity contribution < 1.29 is 9.53 Å². The van der Waals surface area contributed by atoms with E-state index in [0.29, 0.717) is 19.1 Å². The second kappa shape index (κ2) is 7.66. The van der Waals surface area contributed by atoms with Crippen LogP contribution in [0.15, 0.2) is 18.5 Å². The van der Waals surface area contributed by atoms with Crippen LogP contribution in [0.1, 0.15) is 25.7 Å². The molecule has 3 heterocycles. The van der Waals surface area contributed by atoms with E-state index in [2.05, 4.69) is 14.9 Å². The van der Waals surface area contributed by atoms with Crippen LogP contribution in [0.3, 0.4) is 0 Å². The van der Waals surface area contributed by atoms with E-state index >= 15 is 0 Å². The summed E-state index contributed by atoms with van der Waals surface area (Å²) in [4.78, 5) is 28.0. The Labute approximate surface area is 149 Å². The maximum atomic E-state index is 12.9. The molecule has 7 nitrogen and oxygen atoms in total.